The lowest BCUT2D eigenvalue weighted by atomic mass is 10.2. The van der Waals surface area contributed by atoms with E-state index in [1.807, 2.05) is 61.5 Å². The number of hydrogen-bond donors (Lipinski definition) is 1. The van der Waals surface area contributed by atoms with Gasteiger partial charge in [-0.15, -0.1) is 0 Å². The smallest absolute Gasteiger partial charge is 0.355 e. The molecule has 0 aliphatic carbocycles. The Bertz CT molecular complexity index is 838. The first-order chi connectivity index (χ1) is 12.2. The number of amides is 1. The molecule has 0 radical (unpaired) electrons. The van der Waals surface area contributed by atoms with Gasteiger partial charge in [-0.25, -0.2) is 4.79 Å². The molecular weight excluding hydrogens is 316 g/mol. The van der Waals surface area contributed by atoms with Crippen LogP contribution in [-0.4, -0.2) is 34.9 Å². The van der Waals surface area contributed by atoms with Gasteiger partial charge in [0.05, 0.1) is 0 Å². The van der Waals surface area contributed by atoms with E-state index in [4.69, 9.17) is 4.74 Å². The van der Waals surface area contributed by atoms with E-state index in [-0.39, 0.29) is 12.5 Å². The molecule has 0 spiro atoms. The number of carbonyl (C=O) groups is 2. The van der Waals surface area contributed by atoms with Crippen LogP contribution in [0.2, 0.25) is 0 Å². The highest BCUT2D eigenvalue weighted by molar-refractivity contribution is 5.95. The molecule has 1 heterocycles. The molecule has 3 rings (SSSR count). The number of ether oxygens (including phenoxy) is 1. The standard InChI is InChI=1S/C20H20N2O3/c1-2-22(13-15-8-4-3-5-9-15)19(23)14-25-20(24)18-12-16-10-6-7-11-17(16)21-18/h3-12,21H,2,13-14H2,1H3. The second kappa shape index (κ2) is 7.66. The summed E-state index contributed by atoms with van der Waals surface area (Å²) in [5.41, 5.74) is 2.25. The van der Waals surface area contributed by atoms with Crippen molar-refractivity contribution in [1.29, 1.82) is 0 Å². The number of nitrogens with one attached hydrogen (secondary N) is 1. The molecule has 3 aromatic rings. The van der Waals surface area contributed by atoms with Crippen molar-refractivity contribution in [2.24, 2.45) is 0 Å². The number of nitrogens with zero attached hydrogens (tertiary/aromatic N) is 1. The van der Waals surface area contributed by atoms with E-state index in [0.717, 1.165) is 16.5 Å². The number of para-hydroxylation sites is 1. The van der Waals surface area contributed by atoms with E-state index in [2.05, 4.69) is 4.98 Å². The van der Waals surface area contributed by atoms with Gasteiger partial charge in [-0.05, 0) is 24.6 Å². The summed E-state index contributed by atoms with van der Waals surface area (Å²) in [6.45, 7) is 2.69. The average molecular weight is 336 g/mol. The van der Waals surface area contributed by atoms with E-state index in [0.29, 0.717) is 18.8 Å². The second-order valence-corrected chi connectivity index (χ2v) is 5.74. The summed E-state index contributed by atoms with van der Waals surface area (Å²) >= 11 is 0. The van der Waals surface area contributed by atoms with Crippen LogP contribution in [0, 0.1) is 0 Å². The predicted molar refractivity (Wildman–Crippen MR) is 96.1 cm³/mol. The zero-order chi connectivity index (χ0) is 17.6. The first-order valence-corrected chi connectivity index (χ1v) is 8.24. The number of esters is 1. The molecule has 0 fully saturated rings. The Hall–Kier alpha value is -3.08. The molecule has 0 saturated carbocycles. The fraction of sp³-hybridized carbons (Fsp3) is 0.200. The van der Waals surface area contributed by atoms with E-state index in [1.54, 1.807) is 11.0 Å². The number of fused-ring (bicyclic) bond motifs is 1. The molecule has 25 heavy (non-hydrogen) atoms. The molecule has 2 aromatic carbocycles. The number of carbonyl (C=O) groups excluding carboxylic acids is 2. The Morgan fingerprint density at radius 1 is 1.04 bits per heavy atom. The Kier molecular flexibility index (Phi) is 5.14. The number of rotatable bonds is 6. The molecular formula is C20H20N2O3. The van der Waals surface area contributed by atoms with Gasteiger partial charge in [-0.2, -0.15) is 0 Å². The quantitative estimate of drug-likeness (QED) is 0.702. The van der Waals surface area contributed by atoms with Crippen molar-refractivity contribution in [1.82, 2.24) is 9.88 Å². The van der Waals surface area contributed by atoms with Crippen LogP contribution in [0.3, 0.4) is 0 Å². The van der Waals surface area contributed by atoms with Crippen LogP contribution in [0.1, 0.15) is 23.0 Å². The van der Waals surface area contributed by atoms with Crippen molar-refractivity contribution in [3.63, 3.8) is 0 Å². The summed E-state index contributed by atoms with van der Waals surface area (Å²) in [5.74, 6) is -0.740. The highest BCUT2D eigenvalue weighted by Gasteiger charge is 2.16. The molecule has 0 aliphatic heterocycles. The maximum Gasteiger partial charge on any atom is 0.355 e. The largest absolute Gasteiger partial charge is 0.451 e. The van der Waals surface area contributed by atoms with E-state index >= 15 is 0 Å². The Morgan fingerprint density at radius 2 is 1.76 bits per heavy atom. The number of H-pyrrole nitrogens is 1. The van der Waals surface area contributed by atoms with Crippen molar-refractivity contribution in [3.8, 4) is 0 Å². The molecule has 1 amide bonds. The maximum absolute atomic E-state index is 12.3. The predicted octanol–water partition coefficient (Wildman–Crippen LogP) is 3.37. The van der Waals surface area contributed by atoms with E-state index < -0.39 is 5.97 Å². The Labute approximate surface area is 146 Å². The van der Waals surface area contributed by atoms with Crippen molar-refractivity contribution >= 4 is 22.8 Å². The van der Waals surface area contributed by atoms with Crippen LogP contribution in [0.5, 0.6) is 0 Å². The number of aromatic amines is 1. The van der Waals surface area contributed by atoms with Gasteiger partial charge in [0, 0.05) is 24.0 Å². The van der Waals surface area contributed by atoms with Gasteiger partial charge in [0.2, 0.25) is 0 Å². The first kappa shape index (κ1) is 16.8. The molecule has 0 atom stereocenters. The lowest BCUT2D eigenvalue weighted by Crippen LogP contribution is -2.34. The van der Waals surface area contributed by atoms with Gasteiger partial charge in [-0.1, -0.05) is 48.5 Å². The zero-order valence-electron chi connectivity index (χ0n) is 14.1. The van der Waals surface area contributed by atoms with Gasteiger partial charge >= 0.3 is 5.97 Å². The SMILES string of the molecule is CCN(Cc1ccccc1)C(=O)COC(=O)c1cc2ccccc2[nH]1. The molecule has 0 saturated heterocycles. The molecule has 0 aliphatic rings. The molecule has 5 heteroatoms. The Balaban J connectivity index is 1.59. The summed E-state index contributed by atoms with van der Waals surface area (Å²) in [5, 5.41) is 0.931. The summed E-state index contributed by atoms with van der Waals surface area (Å²) in [7, 11) is 0. The fourth-order valence-electron chi connectivity index (χ4n) is 2.66. The molecule has 1 aromatic heterocycles. The minimum Gasteiger partial charge on any atom is -0.451 e. The molecule has 0 unspecified atom stereocenters. The van der Waals surface area contributed by atoms with Crippen LogP contribution in [0.25, 0.3) is 10.9 Å². The van der Waals surface area contributed by atoms with Crippen LogP contribution in [0.4, 0.5) is 0 Å². The van der Waals surface area contributed by atoms with Gasteiger partial charge in [0.1, 0.15) is 5.69 Å². The molecule has 128 valence electrons. The third-order valence-corrected chi connectivity index (χ3v) is 4.03. The Morgan fingerprint density at radius 3 is 2.48 bits per heavy atom. The van der Waals surface area contributed by atoms with Crippen molar-refractivity contribution in [2.45, 2.75) is 13.5 Å². The number of aromatic nitrogens is 1. The minimum absolute atomic E-state index is 0.212. The lowest BCUT2D eigenvalue weighted by Gasteiger charge is -2.20. The van der Waals surface area contributed by atoms with Crippen LogP contribution in [0.15, 0.2) is 60.7 Å². The van der Waals surface area contributed by atoms with E-state index in [1.165, 1.54) is 0 Å². The van der Waals surface area contributed by atoms with Gasteiger partial charge in [0.25, 0.3) is 5.91 Å². The normalized spacial score (nSPS) is 10.6. The van der Waals surface area contributed by atoms with Gasteiger partial charge < -0.3 is 14.6 Å². The topological polar surface area (TPSA) is 62.4 Å². The molecule has 5 nitrogen and oxygen atoms in total. The fourth-order valence-corrected chi connectivity index (χ4v) is 2.66. The molecule has 0 bridgehead atoms. The summed E-state index contributed by atoms with van der Waals surface area (Å²) in [4.78, 5) is 29.2. The highest BCUT2D eigenvalue weighted by atomic mass is 16.5. The van der Waals surface area contributed by atoms with Gasteiger partial charge in [-0.3, -0.25) is 4.79 Å². The average Bonchev–Trinajstić information content (AvgIpc) is 3.09. The van der Waals surface area contributed by atoms with Gasteiger partial charge in [0.15, 0.2) is 6.61 Å². The summed E-state index contributed by atoms with van der Waals surface area (Å²) in [6.07, 6.45) is 0. The van der Waals surface area contributed by atoms with Crippen LogP contribution in [-0.2, 0) is 16.1 Å². The lowest BCUT2D eigenvalue weighted by molar-refractivity contribution is -0.134. The van der Waals surface area contributed by atoms with Crippen molar-refractivity contribution in [3.05, 3.63) is 71.9 Å². The number of likely N-dealkylation sites (N-methyl/N-ethyl adjacent to an activating group) is 1. The van der Waals surface area contributed by atoms with Crippen LogP contribution < -0.4 is 0 Å². The third-order valence-electron chi connectivity index (χ3n) is 4.03. The monoisotopic (exact) mass is 336 g/mol. The van der Waals surface area contributed by atoms with Crippen LogP contribution >= 0.6 is 0 Å². The van der Waals surface area contributed by atoms with Crippen molar-refractivity contribution < 1.29 is 14.3 Å². The number of hydrogen-bond acceptors (Lipinski definition) is 3. The number of benzene rings is 2. The maximum atomic E-state index is 12.3. The first-order valence-electron chi connectivity index (χ1n) is 8.24. The molecule has 1 N–H and O–H groups in total. The minimum atomic E-state index is -0.527. The third kappa shape index (κ3) is 4.07. The second-order valence-electron chi connectivity index (χ2n) is 5.74. The highest BCUT2D eigenvalue weighted by Crippen LogP contribution is 2.15. The van der Waals surface area contributed by atoms with E-state index in [9.17, 15) is 9.59 Å². The zero-order valence-corrected chi connectivity index (χ0v) is 14.1. The van der Waals surface area contributed by atoms with Crippen molar-refractivity contribution in [2.75, 3.05) is 13.2 Å². The summed E-state index contributed by atoms with van der Waals surface area (Å²) < 4.78 is 5.18. The summed E-state index contributed by atoms with van der Waals surface area (Å²) in [6, 6.07) is 19.0.